The van der Waals surface area contributed by atoms with Crippen LogP contribution in [0, 0.1) is 0 Å². The smallest absolute Gasteiger partial charge is 0.241 e. The van der Waals surface area contributed by atoms with Gasteiger partial charge in [0, 0.05) is 11.8 Å². The lowest BCUT2D eigenvalue weighted by molar-refractivity contribution is -0.132. The molecule has 3 nitrogen and oxygen atoms in total. The van der Waals surface area contributed by atoms with E-state index in [0.29, 0.717) is 11.9 Å². The molecule has 3 atom stereocenters. The van der Waals surface area contributed by atoms with Gasteiger partial charge < -0.3 is 4.90 Å². The lowest BCUT2D eigenvalue weighted by Gasteiger charge is -2.31. The van der Waals surface area contributed by atoms with Crippen LogP contribution in [0.3, 0.4) is 0 Å². The molecule has 1 rings (SSSR count). The number of amides is 1. The van der Waals surface area contributed by atoms with Gasteiger partial charge in [-0.3, -0.25) is 10.1 Å². The fourth-order valence-electron chi connectivity index (χ4n) is 2.53. The van der Waals surface area contributed by atoms with Crippen LogP contribution >= 0.6 is 11.8 Å². The summed E-state index contributed by atoms with van der Waals surface area (Å²) >= 11 is 1.83. The molecule has 1 amide bonds. The molecule has 17 heavy (non-hydrogen) atoms. The summed E-state index contributed by atoms with van der Waals surface area (Å²) < 4.78 is 0. The molecule has 0 aromatic rings. The standard InChI is InChI=1S/C13H26N2OS/c1-5-8-12-14-11(7-3)13(16)15(12)10(6-2)9-17-4/h10-12,14H,5-9H2,1-4H3. The number of carbonyl (C=O) groups is 1. The highest BCUT2D eigenvalue weighted by molar-refractivity contribution is 7.98. The summed E-state index contributed by atoms with van der Waals surface area (Å²) in [4.78, 5) is 14.5. The van der Waals surface area contributed by atoms with Crippen LogP contribution in [0.15, 0.2) is 0 Å². The Morgan fingerprint density at radius 1 is 1.41 bits per heavy atom. The first kappa shape index (κ1) is 14.8. The minimum absolute atomic E-state index is 0.0439. The molecule has 4 heteroatoms. The minimum atomic E-state index is 0.0439. The second kappa shape index (κ2) is 7.27. The van der Waals surface area contributed by atoms with Crippen molar-refractivity contribution >= 4 is 17.7 Å². The number of hydrogen-bond donors (Lipinski definition) is 1. The largest absolute Gasteiger partial charge is 0.322 e. The van der Waals surface area contributed by atoms with Gasteiger partial charge in [0.2, 0.25) is 5.91 Å². The molecular formula is C13H26N2OS. The summed E-state index contributed by atoms with van der Waals surface area (Å²) in [6.45, 7) is 6.44. The van der Waals surface area contributed by atoms with Gasteiger partial charge in [-0.05, 0) is 25.5 Å². The van der Waals surface area contributed by atoms with Gasteiger partial charge in [0.25, 0.3) is 0 Å². The van der Waals surface area contributed by atoms with Crippen LogP contribution in [0.5, 0.6) is 0 Å². The maximum Gasteiger partial charge on any atom is 0.241 e. The number of rotatable bonds is 7. The van der Waals surface area contributed by atoms with Crippen molar-refractivity contribution in [3.63, 3.8) is 0 Å². The summed E-state index contributed by atoms with van der Waals surface area (Å²) in [6.07, 6.45) is 6.49. The molecule has 1 N–H and O–H groups in total. The zero-order valence-corrected chi connectivity index (χ0v) is 12.3. The lowest BCUT2D eigenvalue weighted by Crippen LogP contribution is -2.45. The van der Waals surface area contributed by atoms with Crippen LogP contribution in [0.1, 0.15) is 46.5 Å². The summed E-state index contributed by atoms with van der Waals surface area (Å²) in [5.74, 6) is 1.35. The monoisotopic (exact) mass is 258 g/mol. The first-order chi connectivity index (χ1) is 8.19. The molecule has 1 fully saturated rings. The van der Waals surface area contributed by atoms with E-state index in [0.717, 1.165) is 31.4 Å². The molecule has 0 aromatic heterocycles. The summed E-state index contributed by atoms with van der Waals surface area (Å²) in [7, 11) is 0. The van der Waals surface area contributed by atoms with E-state index in [9.17, 15) is 4.79 Å². The Morgan fingerprint density at radius 2 is 2.12 bits per heavy atom. The van der Waals surface area contributed by atoms with E-state index in [1.165, 1.54) is 0 Å². The second-order valence-electron chi connectivity index (χ2n) is 4.69. The first-order valence-electron chi connectivity index (χ1n) is 6.76. The third kappa shape index (κ3) is 3.38. The Morgan fingerprint density at radius 3 is 2.59 bits per heavy atom. The molecule has 3 unspecified atom stereocenters. The molecule has 100 valence electrons. The molecule has 0 aromatic carbocycles. The van der Waals surface area contributed by atoms with Crippen molar-refractivity contribution in [2.75, 3.05) is 12.0 Å². The van der Waals surface area contributed by atoms with Crippen LogP contribution in [0.25, 0.3) is 0 Å². The number of nitrogens with one attached hydrogen (secondary N) is 1. The first-order valence-corrected chi connectivity index (χ1v) is 8.16. The highest BCUT2D eigenvalue weighted by atomic mass is 32.2. The predicted octanol–water partition coefficient (Wildman–Crippen LogP) is 2.46. The van der Waals surface area contributed by atoms with Crippen molar-refractivity contribution in [3.05, 3.63) is 0 Å². The third-order valence-electron chi connectivity index (χ3n) is 3.48. The molecule has 0 aliphatic carbocycles. The van der Waals surface area contributed by atoms with E-state index < -0.39 is 0 Å². The van der Waals surface area contributed by atoms with Gasteiger partial charge in [0.1, 0.15) is 0 Å². The average molecular weight is 258 g/mol. The molecule has 1 aliphatic heterocycles. The maximum absolute atomic E-state index is 12.4. The topological polar surface area (TPSA) is 32.3 Å². The molecule has 1 heterocycles. The van der Waals surface area contributed by atoms with Crippen molar-refractivity contribution in [1.82, 2.24) is 10.2 Å². The van der Waals surface area contributed by atoms with Gasteiger partial charge in [0.15, 0.2) is 0 Å². The second-order valence-corrected chi connectivity index (χ2v) is 5.61. The molecule has 1 saturated heterocycles. The van der Waals surface area contributed by atoms with Crippen LogP contribution in [-0.4, -0.2) is 41.1 Å². The number of hydrogen-bond acceptors (Lipinski definition) is 3. The Bertz CT molecular complexity index is 248. The summed E-state index contributed by atoms with van der Waals surface area (Å²) in [6, 6.07) is 0.431. The van der Waals surface area contributed by atoms with E-state index >= 15 is 0 Å². The Labute approximate surface area is 110 Å². The van der Waals surface area contributed by atoms with Crippen LogP contribution in [0.2, 0.25) is 0 Å². The predicted molar refractivity (Wildman–Crippen MR) is 75.2 cm³/mol. The van der Waals surface area contributed by atoms with E-state index in [1.54, 1.807) is 0 Å². The summed E-state index contributed by atoms with van der Waals surface area (Å²) in [5.41, 5.74) is 0. The summed E-state index contributed by atoms with van der Waals surface area (Å²) in [5, 5.41) is 3.48. The fourth-order valence-corrected chi connectivity index (χ4v) is 3.31. The molecule has 0 saturated carbocycles. The SMILES string of the molecule is CCCC1NC(CC)C(=O)N1C(CC)CSC. The Hall–Kier alpha value is -0.220. The Balaban J connectivity index is 2.78. The number of thioether (sulfide) groups is 1. The van der Waals surface area contributed by atoms with Crippen LogP contribution < -0.4 is 5.32 Å². The molecular weight excluding hydrogens is 232 g/mol. The van der Waals surface area contributed by atoms with E-state index in [2.05, 4.69) is 37.2 Å². The van der Waals surface area contributed by atoms with Crippen molar-refractivity contribution in [2.24, 2.45) is 0 Å². The van der Waals surface area contributed by atoms with Gasteiger partial charge in [-0.25, -0.2) is 0 Å². The van der Waals surface area contributed by atoms with Crippen molar-refractivity contribution in [1.29, 1.82) is 0 Å². The van der Waals surface area contributed by atoms with Crippen LogP contribution in [-0.2, 0) is 4.79 Å². The normalized spacial score (nSPS) is 26.6. The van der Waals surface area contributed by atoms with Gasteiger partial charge in [0.05, 0.1) is 12.2 Å². The number of carbonyl (C=O) groups excluding carboxylic acids is 1. The molecule has 0 bridgehead atoms. The van der Waals surface area contributed by atoms with E-state index in [4.69, 9.17) is 0 Å². The van der Waals surface area contributed by atoms with Crippen molar-refractivity contribution in [2.45, 2.75) is 64.7 Å². The lowest BCUT2D eigenvalue weighted by atomic mass is 10.1. The third-order valence-corrected chi connectivity index (χ3v) is 4.19. The van der Waals surface area contributed by atoms with E-state index in [-0.39, 0.29) is 12.2 Å². The maximum atomic E-state index is 12.4. The number of nitrogens with zero attached hydrogens (tertiary/aromatic N) is 1. The van der Waals surface area contributed by atoms with Crippen molar-refractivity contribution < 1.29 is 4.79 Å². The highest BCUT2D eigenvalue weighted by Crippen LogP contribution is 2.23. The zero-order chi connectivity index (χ0) is 12.8. The average Bonchev–Trinajstić information content (AvgIpc) is 2.64. The molecule has 1 aliphatic rings. The van der Waals surface area contributed by atoms with Crippen molar-refractivity contribution in [3.8, 4) is 0 Å². The van der Waals surface area contributed by atoms with Gasteiger partial charge in [-0.2, -0.15) is 11.8 Å². The van der Waals surface area contributed by atoms with E-state index in [1.807, 2.05) is 11.8 Å². The fraction of sp³-hybridized carbons (Fsp3) is 0.923. The van der Waals surface area contributed by atoms with Gasteiger partial charge in [-0.1, -0.05) is 27.2 Å². The molecule has 0 spiro atoms. The van der Waals surface area contributed by atoms with Crippen LogP contribution in [0.4, 0.5) is 0 Å². The zero-order valence-electron chi connectivity index (χ0n) is 11.5. The van der Waals surface area contributed by atoms with Gasteiger partial charge >= 0.3 is 0 Å². The molecule has 0 radical (unpaired) electrons. The Kier molecular flexibility index (Phi) is 6.34. The highest BCUT2D eigenvalue weighted by Gasteiger charge is 2.40. The quantitative estimate of drug-likeness (QED) is 0.761. The van der Waals surface area contributed by atoms with Gasteiger partial charge in [-0.15, -0.1) is 0 Å². The minimum Gasteiger partial charge on any atom is -0.322 e.